The lowest BCUT2D eigenvalue weighted by Crippen LogP contribution is -2.07. The number of aromatic nitrogens is 2. The molecule has 0 saturated carbocycles. The number of imidazole rings is 1. The third-order valence-corrected chi connectivity index (χ3v) is 5.40. The van der Waals surface area contributed by atoms with E-state index in [1.165, 1.54) is 0 Å². The molecule has 1 aromatic heterocycles. The molecule has 0 aliphatic rings. The highest BCUT2D eigenvalue weighted by Crippen LogP contribution is 2.29. The summed E-state index contributed by atoms with van der Waals surface area (Å²) >= 11 is 4.05. The first kappa shape index (κ1) is 19.5. The van der Waals surface area contributed by atoms with Gasteiger partial charge in [0.25, 0.3) is 0 Å². The maximum Gasteiger partial charge on any atom is 0.310 e. The molecule has 8 heteroatoms. The molecular formula is C19H18ClN2O4S-. The first-order valence-corrected chi connectivity index (χ1v) is 10.0. The number of aliphatic carboxylic acids is 1. The zero-order chi connectivity index (χ0) is 19.7. The number of hydrogen-bond donors (Lipinski definition) is 1. The predicted octanol–water partition coefficient (Wildman–Crippen LogP) is 3.81. The Morgan fingerprint density at radius 2 is 2.00 bits per heavy atom. The maximum absolute atomic E-state index is 11.2. The number of nitrogens with zero attached hydrogens (tertiary/aromatic N) is 2. The van der Waals surface area contributed by atoms with Crippen LogP contribution >= 0.6 is 11.6 Å². The van der Waals surface area contributed by atoms with Gasteiger partial charge in [0.1, 0.15) is 5.82 Å². The molecule has 0 spiro atoms. The molecule has 0 fully saturated rings. The number of carboxylic acid groups (broad SMARTS) is 1. The van der Waals surface area contributed by atoms with Crippen LogP contribution in [0.5, 0.6) is 0 Å². The van der Waals surface area contributed by atoms with Crippen LogP contribution in [0, 0.1) is 0 Å². The quantitative estimate of drug-likeness (QED) is 0.629. The summed E-state index contributed by atoms with van der Waals surface area (Å²) in [7, 11) is 0. The molecule has 1 heterocycles. The molecule has 142 valence electrons. The number of halogens is 1. The van der Waals surface area contributed by atoms with Crippen molar-refractivity contribution in [2.45, 2.75) is 31.9 Å². The number of rotatable bonds is 6. The van der Waals surface area contributed by atoms with E-state index in [9.17, 15) is 13.6 Å². The lowest BCUT2D eigenvalue weighted by molar-refractivity contribution is -0.138. The Morgan fingerprint density at radius 3 is 2.56 bits per heavy atom. The van der Waals surface area contributed by atoms with E-state index in [0.717, 1.165) is 17.0 Å². The fraction of sp³-hybridized carbons (Fsp3) is 0.263. The molecule has 0 saturated heterocycles. The minimum atomic E-state index is -2.23. The SMILES string of the molecule is CCc1nc2cc(CS(=O)[O-])c(Cl)cc2n1-c1ccc(C(C)C(=O)O)cc1. The zero-order valence-electron chi connectivity index (χ0n) is 14.8. The van der Waals surface area contributed by atoms with Crippen molar-refractivity contribution in [3.8, 4) is 5.69 Å². The average Bonchev–Trinajstić information content (AvgIpc) is 2.98. The lowest BCUT2D eigenvalue weighted by Gasteiger charge is -2.12. The van der Waals surface area contributed by atoms with E-state index in [4.69, 9.17) is 16.7 Å². The van der Waals surface area contributed by atoms with Crippen molar-refractivity contribution in [3.63, 3.8) is 0 Å². The van der Waals surface area contributed by atoms with Gasteiger partial charge in [-0.25, -0.2) is 4.98 Å². The van der Waals surface area contributed by atoms with Gasteiger partial charge in [-0.1, -0.05) is 41.7 Å². The summed E-state index contributed by atoms with van der Waals surface area (Å²) in [4.78, 5) is 15.8. The second kappa shape index (κ2) is 7.80. The highest BCUT2D eigenvalue weighted by molar-refractivity contribution is 7.78. The molecule has 1 N–H and O–H groups in total. The van der Waals surface area contributed by atoms with Crippen LogP contribution in [-0.4, -0.2) is 29.4 Å². The third-order valence-electron chi connectivity index (χ3n) is 4.50. The highest BCUT2D eigenvalue weighted by atomic mass is 35.5. The molecule has 2 aromatic carbocycles. The monoisotopic (exact) mass is 405 g/mol. The Kier molecular flexibility index (Phi) is 5.64. The van der Waals surface area contributed by atoms with Gasteiger partial charge in [-0.3, -0.25) is 13.6 Å². The summed E-state index contributed by atoms with van der Waals surface area (Å²) in [6.45, 7) is 3.62. The van der Waals surface area contributed by atoms with E-state index in [1.807, 2.05) is 23.6 Å². The number of carboxylic acids is 1. The molecule has 0 amide bonds. The second-order valence-corrected chi connectivity index (χ2v) is 7.55. The van der Waals surface area contributed by atoms with Crippen LogP contribution in [-0.2, 0) is 28.0 Å². The zero-order valence-corrected chi connectivity index (χ0v) is 16.4. The van der Waals surface area contributed by atoms with E-state index in [0.29, 0.717) is 28.1 Å². The van der Waals surface area contributed by atoms with E-state index in [-0.39, 0.29) is 5.75 Å². The Bertz CT molecular complexity index is 1030. The number of benzene rings is 2. The number of fused-ring (bicyclic) bond motifs is 1. The Morgan fingerprint density at radius 1 is 1.33 bits per heavy atom. The highest BCUT2D eigenvalue weighted by Gasteiger charge is 2.16. The number of aryl methyl sites for hydroxylation is 1. The molecule has 6 nitrogen and oxygen atoms in total. The van der Waals surface area contributed by atoms with Crippen molar-refractivity contribution in [2.24, 2.45) is 0 Å². The molecule has 27 heavy (non-hydrogen) atoms. The summed E-state index contributed by atoms with van der Waals surface area (Å²) in [5.41, 5.74) is 3.50. The van der Waals surface area contributed by atoms with Crippen LogP contribution in [0.3, 0.4) is 0 Å². The van der Waals surface area contributed by atoms with Gasteiger partial charge in [0.15, 0.2) is 0 Å². The Hall–Kier alpha value is -2.22. The van der Waals surface area contributed by atoms with Crippen LogP contribution < -0.4 is 0 Å². The van der Waals surface area contributed by atoms with Crippen molar-refractivity contribution in [1.82, 2.24) is 9.55 Å². The van der Waals surface area contributed by atoms with Crippen LogP contribution in [0.2, 0.25) is 5.02 Å². The standard InChI is InChI=1S/C19H19ClN2O4S/c1-3-18-21-16-8-13(10-27(25)26)15(20)9-17(16)22(18)14-6-4-12(5-7-14)11(2)19(23)24/h4-9,11H,3,10H2,1-2H3,(H,23,24)(H,25,26)/p-1. The number of hydrogen-bond acceptors (Lipinski definition) is 4. The number of carbonyl (C=O) groups is 1. The van der Waals surface area contributed by atoms with Gasteiger partial charge >= 0.3 is 5.97 Å². The average molecular weight is 406 g/mol. The van der Waals surface area contributed by atoms with Crippen LogP contribution in [0.4, 0.5) is 0 Å². The summed E-state index contributed by atoms with van der Waals surface area (Å²) in [6.07, 6.45) is 0.669. The van der Waals surface area contributed by atoms with Crippen molar-refractivity contribution < 1.29 is 18.7 Å². The molecule has 0 aliphatic heterocycles. The van der Waals surface area contributed by atoms with Gasteiger partial charge in [-0.05, 0) is 42.3 Å². The Labute approximate surface area is 164 Å². The van der Waals surface area contributed by atoms with Gasteiger partial charge in [0.05, 0.1) is 17.0 Å². The molecule has 3 rings (SSSR count). The minimum absolute atomic E-state index is 0.162. The van der Waals surface area contributed by atoms with Crippen molar-refractivity contribution in [2.75, 3.05) is 0 Å². The first-order chi connectivity index (χ1) is 12.8. The van der Waals surface area contributed by atoms with Crippen molar-refractivity contribution >= 4 is 39.7 Å². The van der Waals surface area contributed by atoms with E-state index in [2.05, 4.69) is 4.98 Å². The topological polar surface area (TPSA) is 95.2 Å². The molecular weight excluding hydrogens is 388 g/mol. The van der Waals surface area contributed by atoms with Crippen LogP contribution in [0.1, 0.15) is 36.7 Å². The van der Waals surface area contributed by atoms with Gasteiger partial charge in [0, 0.05) is 22.9 Å². The molecule has 2 unspecified atom stereocenters. The largest absolute Gasteiger partial charge is 0.772 e. The van der Waals surface area contributed by atoms with Gasteiger partial charge < -0.3 is 9.66 Å². The molecule has 2 atom stereocenters. The minimum Gasteiger partial charge on any atom is -0.772 e. The first-order valence-electron chi connectivity index (χ1n) is 8.40. The molecule has 0 radical (unpaired) electrons. The van der Waals surface area contributed by atoms with E-state index < -0.39 is 23.0 Å². The van der Waals surface area contributed by atoms with Crippen molar-refractivity contribution in [1.29, 1.82) is 0 Å². The van der Waals surface area contributed by atoms with Gasteiger partial charge in [0.2, 0.25) is 0 Å². The smallest absolute Gasteiger partial charge is 0.310 e. The lowest BCUT2D eigenvalue weighted by atomic mass is 10.0. The summed E-state index contributed by atoms with van der Waals surface area (Å²) in [5.74, 6) is -0.819. The van der Waals surface area contributed by atoms with Crippen LogP contribution in [0.15, 0.2) is 36.4 Å². The molecule has 3 aromatic rings. The summed E-state index contributed by atoms with van der Waals surface area (Å²) in [5, 5.41) is 9.52. The second-order valence-electron chi connectivity index (χ2n) is 6.25. The fourth-order valence-corrected chi connectivity index (χ4v) is 3.81. The van der Waals surface area contributed by atoms with Gasteiger partial charge in [-0.2, -0.15) is 0 Å². The molecule has 0 aliphatic carbocycles. The maximum atomic E-state index is 11.2. The van der Waals surface area contributed by atoms with E-state index >= 15 is 0 Å². The predicted molar refractivity (Wildman–Crippen MR) is 104 cm³/mol. The van der Waals surface area contributed by atoms with Crippen LogP contribution in [0.25, 0.3) is 16.7 Å². The molecule has 0 bridgehead atoms. The van der Waals surface area contributed by atoms with Crippen molar-refractivity contribution in [3.05, 3.63) is 58.4 Å². The van der Waals surface area contributed by atoms with Gasteiger partial charge in [-0.15, -0.1) is 0 Å². The Balaban J connectivity index is 2.11. The van der Waals surface area contributed by atoms with E-state index in [1.54, 1.807) is 31.2 Å². The summed E-state index contributed by atoms with van der Waals surface area (Å²) in [6, 6.07) is 10.7. The fourth-order valence-electron chi connectivity index (χ4n) is 3.01. The summed E-state index contributed by atoms with van der Waals surface area (Å²) < 4.78 is 24.0. The normalized spacial score (nSPS) is 13.6. The third kappa shape index (κ3) is 3.90.